The number of rotatable bonds is 6. The summed E-state index contributed by atoms with van der Waals surface area (Å²) in [7, 11) is 0. The lowest BCUT2D eigenvalue weighted by Gasteiger charge is -2.22. The van der Waals surface area contributed by atoms with Gasteiger partial charge in [-0.1, -0.05) is 182 Å². The molecule has 15 aromatic rings. The first kappa shape index (κ1) is 39.9. The molecule has 0 amide bonds. The van der Waals surface area contributed by atoms with Crippen LogP contribution >= 0.6 is 0 Å². The lowest BCUT2D eigenvalue weighted by Crippen LogP contribution is -2.10. The van der Waals surface area contributed by atoms with Crippen molar-refractivity contribution < 1.29 is 4.42 Å². The maximum Gasteiger partial charge on any atom is 0.164 e. The fourth-order valence-corrected chi connectivity index (χ4v) is 11.5. The highest BCUT2D eigenvalue weighted by Gasteiger charge is 2.33. The molecule has 0 aliphatic rings. The van der Waals surface area contributed by atoms with E-state index in [1.54, 1.807) is 0 Å². The summed E-state index contributed by atoms with van der Waals surface area (Å²) in [6.45, 7) is 0. The first-order chi connectivity index (χ1) is 35.7. The number of hydrogen-bond donors (Lipinski definition) is 0. The number of hydrogen-bond acceptors (Lipinski definition) is 4. The van der Waals surface area contributed by atoms with Crippen molar-refractivity contribution in [1.29, 1.82) is 5.26 Å². The minimum atomic E-state index is 0.499. The highest BCUT2D eigenvalue weighted by Crippen LogP contribution is 2.50. The van der Waals surface area contributed by atoms with Crippen molar-refractivity contribution in [3.63, 3.8) is 0 Å². The molecule has 0 spiro atoms. The van der Waals surface area contributed by atoms with Crippen LogP contribution in [0, 0.1) is 11.3 Å². The van der Waals surface area contributed by atoms with Crippen molar-refractivity contribution in [2.75, 3.05) is 0 Å². The molecule has 0 unspecified atom stereocenters. The Balaban J connectivity index is 1.20. The predicted octanol–water partition coefficient (Wildman–Crippen LogP) is 16.5. The monoisotopic (exact) mass is 918 g/mol. The number of fused-ring (bicyclic) bond motifs is 12. The standard InChI is InChI=1S/C65H38N6O/c66-39-50-60(69-53-32-13-7-24-42(53)43-25-8-14-33-54(43)69)59-48-30-19-31-49(65-67-51(40-20-3-1-4-21-40)38-52(68-65)41-22-5-2-6-23-41)63(48)72-64(59)62(71-57-36-17-11-28-46(57)47-29-12-18-37-58(47)71)61(50)70-55-34-15-9-26-44(55)45-27-10-16-35-56(45)70/h1-38H. The number of furan rings is 1. The molecule has 0 fully saturated rings. The van der Waals surface area contributed by atoms with Crippen LogP contribution in [0.5, 0.6) is 0 Å². The van der Waals surface area contributed by atoms with Gasteiger partial charge in [0.25, 0.3) is 0 Å². The lowest BCUT2D eigenvalue weighted by atomic mass is 9.99. The molecule has 7 nitrogen and oxygen atoms in total. The van der Waals surface area contributed by atoms with Crippen LogP contribution in [-0.4, -0.2) is 23.7 Å². The Hall–Kier alpha value is -10.0. The van der Waals surface area contributed by atoms with E-state index in [2.05, 4.69) is 214 Å². The zero-order chi connectivity index (χ0) is 47.4. The van der Waals surface area contributed by atoms with Gasteiger partial charge in [-0.2, -0.15) is 5.26 Å². The van der Waals surface area contributed by atoms with Gasteiger partial charge in [0.05, 0.1) is 66.8 Å². The second kappa shape index (κ2) is 15.5. The van der Waals surface area contributed by atoms with E-state index < -0.39 is 0 Å². The van der Waals surface area contributed by atoms with Crippen LogP contribution in [0.4, 0.5) is 0 Å². The van der Waals surface area contributed by atoms with Crippen LogP contribution < -0.4 is 0 Å². The summed E-state index contributed by atoms with van der Waals surface area (Å²) < 4.78 is 14.7. The third kappa shape index (κ3) is 5.66. The number of nitrogens with zero attached hydrogens (tertiary/aromatic N) is 6. The van der Waals surface area contributed by atoms with Crippen LogP contribution in [0.15, 0.2) is 235 Å². The second-order valence-corrected chi connectivity index (χ2v) is 18.3. The smallest absolute Gasteiger partial charge is 0.164 e. The van der Waals surface area contributed by atoms with E-state index in [0.717, 1.165) is 116 Å². The summed E-state index contributed by atoms with van der Waals surface area (Å²) in [4.78, 5) is 10.7. The molecule has 0 radical (unpaired) electrons. The van der Waals surface area contributed by atoms with Crippen LogP contribution in [0.2, 0.25) is 0 Å². The SMILES string of the molecule is N#Cc1c(-n2c3ccccc3c3ccccc32)c(-n2c3ccccc3c3ccccc32)c2oc3c(-c4nc(-c5ccccc5)cc(-c5ccccc5)n4)cccc3c2c1-n1c2ccccc2c2ccccc21. The normalized spacial score (nSPS) is 11.9. The maximum atomic E-state index is 12.4. The first-order valence-corrected chi connectivity index (χ1v) is 24.1. The Morgan fingerprint density at radius 1 is 0.347 bits per heavy atom. The van der Waals surface area contributed by atoms with Crippen LogP contribution in [0.3, 0.4) is 0 Å². The van der Waals surface area contributed by atoms with Gasteiger partial charge in [0.1, 0.15) is 22.9 Å². The van der Waals surface area contributed by atoms with Crippen LogP contribution in [0.1, 0.15) is 5.56 Å². The molecule has 5 aromatic heterocycles. The van der Waals surface area contributed by atoms with Gasteiger partial charge < -0.3 is 18.1 Å². The molecule has 7 heteroatoms. The van der Waals surface area contributed by atoms with Crippen LogP contribution in [-0.2, 0) is 0 Å². The summed E-state index contributed by atoms with van der Waals surface area (Å²) in [5, 5.41) is 20.5. The van der Waals surface area contributed by atoms with Gasteiger partial charge in [-0.3, -0.25) is 0 Å². The number of para-hydroxylation sites is 7. The summed E-state index contributed by atoms with van der Waals surface area (Å²) in [5.41, 5.74) is 14.1. The van der Waals surface area contributed by atoms with Crippen molar-refractivity contribution >= 4 is 87.4 Å². The maximum absolute atomic E-state index is 12.4. The van der Waals surface area contributed by atoms with Gasteiger partial charge >= 0.3 is 0 Å². The van der Waals surface area contributed by atoms with E-state index in [1.165, 1.54) is 0 Å². The molecule has 10 aromatic carbocycles. The van der Waals surface area contributed by atoms with Gasteiger partial charge in [0.2, 0.25) is 0 Å². The molecule has 334 valence electrons. The lowest BCUT2D eigenvalue weighted by molar-refractivity contribution is 0.666. The van der Waals surface area contributed by atoms with Gasteiger partial charge in [-0.15, -0.1) is 0 Å². The molecule has 5 heterocycles. The minimum absolute atomic E-state index is 0.499. The van der Waals surface area contributed by atoms with Crippen LogP contribution in [0.25, 0.3) is 138 Å². The Labute approximate surface area is 411 Å². The third-order valence-corrected chi connectivity index (χ3v) is 14.5. The molecular formula is C65H38N6O. The first-order valence-electron chi connectivity index (χ1n) is 24.1. The van der Waals surface area contributed by atoms with E-state index >= 15 is 0 Å². The summed E-state index contributed by atoms with van der Waals surface area (Å²) in [6, 6.07) is 82.8. The molecule has 72 heavy (non-hydrogen) atoms. The quantitative estimate of drug-likeness (QED) is 0.166. The molecule has 0 saturated heterocycles. The molecule has 15 rings (SSSR count). The third-order valence-electron chi connectivity index (χ3n) is 14.5. The van der Waals surface area contributed by atoms with Gasteiger partial charge in [0, 0.05) is 48.8 Å². The molecule has 0 N–H and O–H groups in total. The minimum Gasteiger partial charge on any atom is -0.453 e. The van der Waals surface area contributed by atoms with Gasteiger partial charge in [-0.25, -0.2) is 9.97 Å². The summed E-state index contributed by atoms with van der Waals surface area (Å²) in [6.07, 6.45) is 0. The second-order valence-electron chi connectivity index (χ2n) is 18.3. The van der Waals surface area contributed by atoms with Crippen molar-refractivity contribution in [3.8, 4) is 57.0 Å². The Morgan fingerprint density at radius 2 is 0.708 bits per heavy atom. The van der Waals surface area contributed by atoms with Crippen molar-refractivity contribution in [2.45, 2.75) is 0 Å². The Kier molecular flexibility index (Phi) is 8.59. The predicted molar refractivity (Wildman–Crippen MR) is 293 cm³/mol. The van der Waals surface area contributed by atoms with E-state index in [1.807, 2.05) is 36.4 Å². The number of nitriles is 1. The molecular weight excluding hydrogens is 881 g/mol. The largest absolute Gasteiger partial charge is 0.453 e. The fraction of sp³-hybridized carbons (Fsp3) is 0. The van der Waals surface area contributed by atoms with E-state index in [-0.39, 0.29) is 0 Å². The molecule has 0 bridgehead atoms. The molecule has 0 atom stereocenters. The molecule has 0 aliphatic heterocycles. The van der Waals surface area contributed by atoms with Gasteiger partial charge in [0.15, 0.2) is 11.4 Å². The van der Waals surface area contributed by atoms with Gasteiger partial charge in [-0.05, 0) is 48.5 Å². The highest BCUT2D eigenvalue weighted by molar-refractivity contribution is 6.22. The van der Waals surface area contributed by atoms with Crippen molar-refractivity contribution in [3.05, 3.63) is 236 Å². The van der Waals surface area contributed by atoms with Crippen molar-refractivity contribution in [1.82, 2.24) is 23.7 Å². The topological polar surface area (TPSA) is 77.5 Å². The van der Waals surface area contributed by atoms with Crippen molar-refractivity contribution in [2.24, 2.45) is 0 Å². The van der Waals surface area contributed by atoms with E-state index in [9.17, 15) is 5.26 Å². The average Bonchev–Trinajstić information content (AvgIpc) is 4.20. The Bertz CT molecular complexity index is 4540. The van der Waals surface area contributed by atoms with E-state index in [4.69, 9.17) is 14.4 Å². The zero-order valence-corrected chi connectivity index (χ0v) is 38.5. The summed E-state index contributed by atoms with van der Waals surface area (Å²) in [5.74, 6) is 0.528. The average molecular weight is 919 g/mol. The molecule has 0 aliphatic carbocycles. The highest BCUT2D eigenvalue weighted by atomic mass is 16.3. The summed E-state index contributed by atoms with van der Waals surface area (Å²) >= 11 is 0. The fourth-order valence-electron chi connectivity index (χ4n) is 11.5. The number of aromatic nitrogens is 5. The Morgan fingerprint density at radius 3 is 1.12 bits per heavy atom. The molecule has 0 saturated carbocycles. The number of benzene rings is 10. The zero-order valence-electron chi connectivity index (χ0n) is 38.5. The van der Waals surface area contributed by atoms with E-state index in [0.29, 0.717) is 28.2 Å².